The number of fused-ring (bicyclic) bond motifs is 1. The van der Waals surface area contributed by atoms with E-state index in [9.17, 15) is 0 Å². The first-order valence-corrected chi connectivity index (χ1v) is 7.90. The molecule has 1 aliphatic heterocycles. The Bertz CT molecular complexity index is 630. The van der Waals surface area contributed by atoms with E-state index in [1.807, 2.05) is 18.2 Å². The summed E-state index contributed by atoms with van der Waals surface area (Å²) >= 11 is 6.34. The predicted octanol–water partition coefficient (Wildman–Crippen LogP) is 4.13. The van der Waals surface area contributed by atoms with Gasteiger partial charge in [-0.3, -0.25) is 4.90 Å². The van der Waals surface area contributed by atoms with Gasteiger partial charge in [0.2, 0.25) is 0 Å². The Balaban J connectivity index is 1.72. The molecule has 3 nitrogen and oxygen atoms in total. The lowest BCUT2D eigenvalue weighted by molar-refractivity contribution is 0.296. The van der Waals surface area contributed by atoms with E-state index < -0.39 is 0 Å². The van der Waals surface area contributed by atoms with Gasteiger partial charge in [0.1, 0.15) is 0 Å². The molecule has 0 radical (unpaired) electrons. The van der Waals surface area contributed by atoms with Crippen molar-refractivity contribution in [3.05, 3.63) is 58.6 Å². The van der Waals surface area contributed by atoms with Crippen molar-refractivity contribution in [2.45, 2.75) is 19.5 Å². The van der Waals surface area contributed by atoms with Crippen LogP contribution in [0.5, 0.6) is 11.5 Å². The van der Waals surface area contributed by atoms with E-state index in [1.54, 1.807) is 0 Å². The van der Waals surface area contributed by atoms with Crippen molar-refractivity contribution >= 4 is 11.6 Å². The minimum absolute atomic E-state index is 0.627. The summed E-state index contributed by atoms with van der Waals surface area (Å²) in [5.41, 5.74) is 2.43. The first-order chi connectivity index (χ1) is 10.7. The van der Waals surface area contributed by atoms with E-state index in [0.29, 0.717) is 24.0 Å². The molecular formula is C18H20ClNO2. The van der Waals surface area contributed by atoms with E-state index >= 15 is 0 Å². The van der Waals surface area contributed by atoms with E-state index in [1.165, 1.54) is 5.56 Å². The van der Waals surface area contributed by atoms with Crippen LogP contribution in [0, 0.1) is 0 Å². The molecule has 1 aliphatic rings. The lowest BCUT2D eigenvalue weighted by atomic mass is 10.1. The third-order valence-electron chi connectivity index (χ3n) is 3.61. The van der Waals surface area contributed by atoms with Gasteiger partial charge in [-0.2, -0.15) is 0 Å². The van der Waals surface area contributed by atoms with Gasteiger partial charge in [0.15, 0.2) is 11.5 Å². The van der Waals surface area contributed by atoms with Crippen LogP contribution in [-0.4, -0.2) is 25.2 Å². The Hall–Kier alpha value is -1.71. The summed E-state index contributed by atoms with van der Waals surface area (Å²) in [6.45, 7) is 3.03. The maximum absolute atomic E-state index is 6.34. The molecule has 0 aliphatic carbocycles. The molecule has 0 fully saturated rings. The third kappa shape index (κ3) is 3.73. The average molecular weight is 318 g/mol. The Morgan fingerprint density at radius 1 is 1.00 bits per heavy atom. The first kappa shape index (κ1) is 15.2. The van der Waals surface area contributed by atoms with Gasteiger partial charge in [-0.25, -0.2) is 0 Å². The molecule has 116 valence electrons. The van der Waals surface area contributed by atoms with Crippen molar-refractivity contribution in [2.24, 2.45) is 0 Å². The van der Waals surface area contributed by atoms with Crippen molar-refractivity contribution in [3.63, 3.8) is 0 Å². The fourth-order valence-electron chi connectivity index (χ4n) is 2.64. The van der Waals surface area contributed by atoms with Crippen LogP contribution in [-0.2, 0) is 13.1 Å². The average Bonchev–Trinajstić information content (AvgIpc) is 2.74. The minimum Gasteiger partial charge on any atom is -0.489 e. The molecule has 22 heavy (non-hydrogen) atoms. The normalized spacial score (nSPS) is 14.0. The van der Waals surface area contributed by atoms with Crippen molar-refractivity contribution in [1.82, 2.24) is 4.90 Å². The van der Waals surface area contributed by atoms with Gasteiger partial charge in [0, 0.05) is 19.5 Å². The Labute approximate surface area is 136 Å². The molecule has 3 rings (SSSR count). The molecule has 0 saturated heterocycles. The highest BCUT2D eigenvalue weighted by Gasteiger charge is 2.16. The molecule has 1 heterocycles. The number of ether oxygens (including phenoxy) is 2. The van der Waals surface area contributed by atoms with Crippen LogP contribution < -0.4 is 9.47 Å². The molecule has 2 aromatic carbocycles. The standard InChI is InChI=1S/C18H20ClNO2/c1-20(12-14-6-3-2-4-7-14)13-15-10-16(19)18-17(11-15)21-8-5-9-22-18/h2-4,6-7,10-11H,5,8-9,12-13H2,1H3. The monoisotopic (exact) mass is 317 g/mol. The second-order valence-corrected chi connectivity index (χ2v) is 6.02. The smallest absolute Gasteiger partial charge is 0.179 e. The highest BCUT2D eigenvalue weighted by molar-refractivity contribution is 6.32. The topological polar surface area (TPSA) is 21.7 Å². The SMILES string of the molecule is CN(Cc1ccccc1)Cc1cc(Cl)c2c(c1)OCCCO2. The van der Waals surface area contributed by atoms with Crippen molar-refractivity contribution in [2.75, 3.05) is 20.3 Å². The summed E-state index contributed by atoms with van der Waals surface area (Å²) in [6.07, 6.45) is 0.883. The van der Waals surface area contributed by atoms with Crippen LogP contribution in [0.4, 0.5) is 0 Å². The summed E-state index contributed by atoms with van der Waals surface area (Å²) < 4.78 is 11.4. The fraction of sp³-hybridized carbons (Fsp3) is 0.333. The molecule has 2 aromatic rings. The highest BCUT2D eigenvalue weighted by Crippen LogP contribution is 2.38. The Morgan fingerprint density at radius 3 is 2.55 bits per heavy atom. The Kier molecular flexibility index (Phi) is 4.86. The zero-order valence-corrected chi connectivity index (χ0v) is 13.5. The summed E-state index contributed by atoms with van der Waals surface area (Å²) in [5, 5.41) is 0.627. The van der Waals surface area contributed by atoms with Crippen LogP contribution in [0.2, 0.25) is 5.02 Å². The summed E-state index contributed by atoms with van der Waals surface area (Å²) in [6, 6.07) is 14.4. The maximum Gasteiger partial charge on any atom is 0.179 e. The number of halogens is 1. The van der Waals surface area contributed by atoms with E-state index in [0.717, 1.165) is 30.8 Å². The molecular weight excluding hydrogens is 298 g/mol. The van der Waals surface area contributed by atoms with E-state index in [-0.39, 0.29) is 0 Å². The van der Waals surface area contributed by atoms with Crippen LogP contribution in [0.15, 0.2) is 42.5 Å². The minimum atomic E-state index is 0.627. The Morgan fingerprint density at radius 2 is 1.73 bits per heavy atom. The van der Waals surface area contributed by atoms with Gasteiger partial charge < -0.3 is 9.47 Å². The molecule has 4 heteroatoms. The van der Waals surface area contributed by atoms with Gasteiger partial charge in [-0.15, -0.1) is 0 Å². The summed E-state index contributed by atoms with van der Waals surface area (Å²) in [5.74, 6) is 1.43. The lowest BCUT2D eigenvalue weighted by Crippen LogP contribution is -2.17. The van der Waals surface area contributed by atoms with Gasteiger partial charge in [-0.05, 0) is 30.3 Å². The number of rotatable bonds is 4. The second-order valence-electron chi connectivity index (χ2n) is 5.61. The zero-order valence-electron chi connectivity index (χ0n) is 12.7. The van der Waals surface area contributed by atoms with Crippen LogP contribution in [0.25, 0.3) is 0 Å². The third-order valence-corrected chi connectivity index (χ3v) is 3.89. The summed E-state index contributed by atoms with van der Waals surface area (Å²) in [4.78, 5) is 2.25. The largest absolute Gasteiger partial charge is 0.489 e. The van der Waals surface area contributed by atoms with Crippen LogP contribution in [0.3, 0.4) is 0 Å². The fourth-order valence-corrected chi connectivity index (χ4v) is 2.93. The molecule has 0 saturated carbocycles. The van der Waals surface area contributed by atoms with E-state index in [4.69, 9.17) is 21.1 Å². The van der Waals surface area contributed by atoms with Gasteiger partial charge in [0.05, 0.1) is 18.2 Å². The molecule has 0 N–H and O–H groups in total. The van der Waals surface area contributed by atoms with Crippen LogP contribution >= 0.6 is 11.6 Å². The second kappa shape index (κ2) is 7.03. The molecule has 0 amide bonds. The molecule has 0 atom stereocenters. The van der Waals surface area contributed by atoms with Crippen molar-refractivity contribution in [3.8, 4) is 11.5 Å². The quantitative estimate of drug-likeness (QED) is 0.846. The number of nitrogens with zero attached hydrogens (tertiary/aromatic N) is 1. The lowest BCUT2D eigenvalue weighted by Gasteiger charge is -2.18. The van der Waals surface area contributed by atoms with Gasteiger partial charge >= 0.3 is 0 Å². The number of benzene rings is 2. The predicted molar refractivity (Wildman–Crippen MR) is 88.7 cm³/mol. The summed E-state index contributed by atoms with van der Waals surface area (Å²) in [7, 11) is 2.10. The number of hydrogen-bond acceptors (Lipinski definition) is 3. The number of hydrogen-bond donors (Lipinski definition) is 0. The molecule has 0 aromatic heterocycles. The maximum atomic E-state index is 6.34. The van der Waals surface area contributed by atoms with Crippen LogP contribution in [0.1, 0.15) is 17.5 Å². The van der Waals surface area contributed by atoms with E-state index in [2.05, 4.69) is 36.2 Å². The molecule has 0 spiro atoms. The van der Waals surface area contributed by atoms with Gasteiger partial charge in [-0.1, -0.05) is 41.9 Å². The molecule has 0 bridgehead atoms. The highest BCUT2D eigenvalue weighted by atomic mass is 35.5. The van der Waals surface area contributed by atoms with Crippen molar-refractivity contribution < 1.29 is 9.47 Å². The van der Waals surface area contributed by atoms with Crippen molar-refractivity contribution in [1.29, 1.82) is 0 Å². The first-order valence-electron chi connectivity index (χ1n) is 7.53. The molecule has 0 unspecified atom stereocenters. The van der Waals surface area contributed by atoms with Gasteiger partial charge in [0.25, 0.3) is 0 Å². The zero-order chi connectivity index (χ0) is 15.4.